The van der Waals surface area contributed by atoms with Gasteiger partial charge in [-0.1, -0.05) is 59.3 Å². The summed E-state index contributed by atoms with van der Waals surface area (Å²) in [7, 11) is 0. The molecule has 0 aromatic heterocycles. The summed E-state index contributed by atoms with van der Waals surface area (Å²) in [4.78, 5) is 12.0. The SMILES string of the molecule is CCCCCCCOCCOCCOCCOCCOCCOCCOC(=O)C(CC)CCCC. The van der Waals surface area contributed by atoms with E-state index in [-0.39, 0.29) is 11.9 Å². The molecule has 0 aliphatic carbocycles. The van der Waals surface area contributed by atoms with Crippen molar-refractivity contribution < 1.29 is 38.0 Å². The van der Waals surface area contributed by atoms with Crippen LogP contribution in [0, 0.1) is 5.92 Å². The van der Waals surface area contributed by atoms with Crippen LogP contribution in [-0.4, -0.2) is 91.9 Å². The van der Waals surface area contributed by atoms with Crippen molar-refractivity contribution in [3.05, 3.63) is 0 Å². The van der Waals surface area contributed by atoms with E-state index in [4.69, 9.17) is 33.2 Å². The molecule has 0 bridgehead atoms. The molecular formula is C27H54O8. The van der Waals surface area contributed by atoms with Crippen LogP contribution in [0.15, 0.2) is 0 Å². The monoisotopic (exact) mass is 506 g/mol. The van der Waals surface area contributed by atoms with Crippen LogP contribution in [0.3, 0.4) is 0 Å². The zero-order valence-electron chi connectivity index (χ0n) is 22.9. The van der Waals surface area contributed by atoms with Gasteiger partial charge in [0, 0.05) is 6.61 Å². The van der Waals surface area contributed by atoms with Gasteiger partial charge in [-0.2, -0.15) is 0 Å². The number of unbranched alkanes of at least 4 members (excludes halogenated alkanes) is 5. The van der Waals surface area contributed by atoms with Gasteiger partial charge in [0.15, 0.2) is 0 Å². The Balaban J connectivity index is 3.18. The zero-order valence-corrected chi connectivity index (χ0v) is 22.9. The average molecular weight is 507 g/mol. The summed E-state index contributed by atoms with van der Waals surface area (Å²) < 4.78 is 38.1. The fourth-order valence-corrected chi connectivity index (χ4v) is 3.27. The molecule has 35 heavy (non-hydrogen) atoms. The molecule has 0 aromatic carbocycles. The Hall–Kier alpha value is -0.770. The Kier molecular flexibility index (Phi) is 28.8. The first kappa shape index (κ1) is 34.2. The number of carbonyl (C=O) groups excluding carboxylic acids is 1. The van der Waals surface area contributed by atoms with Crippen LogP contribution >= 0.6 is 0 Å². The normalized spacial score (nSPS) is 12.2. The molecule has 0 radical (unpaired) electrons. The Labute approximate surface area is 214 Å². The highest BCUT2D eigenvalue weighted by molar-refractivity contribution is 5.72. The number of hydrogen-bond donors (Lipinski definition) is 0. The molecule has 0 aromatic rings. The highest BCUT2D eigenvalue weighted by Crippen LogP contribution is 2.14. The lowest BCUT2D eigenvalue weighted by atomic mass is 10.00. The smallest absolute Gasteiger partial charge is 0.308 e. The van der Waals surface area contributed by atoms with E-state index in [0.29, 0.717) is 79.3 Å². The van der Waals surface area contributed by atoms with E-state index in [9.17, 15) is 4.79 Å². The van der Waals surface area contributed by atoms with Gasteiger partial charge in [-0.05, 0) is 19.3 Å². The van der Waals surface area contributed by atoms with Crippen LogP contribution in [0.4, 0.5) is 0 Å². The maximum atomic E-state index is 12.0. The summed E-state index contributed by atoms with van der Waals surface area (Å²) in [6.45, 7) is 13.3. The van der Waals surface area contributed by atoms with E-state index in [1.807, 2.05) is 6.92 Å². The predicted octanol–water partition coefficient (Wildman–Crippen LogP) is 4.82. The van der Waals surface area contributed by atoms with E-state index in [1.165, 1.54) is 25.7 Å². The first-order valence-corrected chi connectivity index (χ1v) is 13.9. The zero-order chi connectivity index (χ0) is 25.7. The molecule has 0 spiro atoms. The van der Waals surface area contributed by atoms with Crippen molar-refractivity contribution in [2.75, 3.05) is 85.9 Å². The molecule has 0 fully saturated rings. The Morgan fingerprint density at radius 3 is 1.31 bits per heavy atom. The lowest BCUT2D eigenvalue weighted by molar-refractivity contribution is -0.150. The summed E-state index contributed by atoms with van der Waals surface area (Å²) in [6, 6.07) is 0. The minimum atomic E-state index is -0.108. The molecule has 0 saturated heterocycles. The summed E-state index contributed by atoms with van der Waals surface area (Å²) >= 11 is 0. The Morgan fingerprint density at radius 2 is 0.886 bits per heavy atom. The standard InChI is InChI=1S/C27H54O8/c1-4-7-9-10-11-13-29-14-15-30-16-17-31-18-19-32-20-21-33-22-23-34-24-25-35-27(28)26(6-3)12-8-5-2/h26H,4-25H2,1-3H3. The highest BCUT2D eigenvalue weighted by atomic mass is 16.6. The second-order valence-corrected chi connectivity index (χ2v) is 8.50. The van der Waals surface area contributed by atoms with Crippen molar-refractivity contribution in [1.29, 1.82) is 0 Å². The van der Waals surface area contributed by atoms with Crippen molar-refractivity contribution in [3.63, 3.8) is 0 Å². The third kappa shape index (κ3) is 26.1. The summed E-state index contributed by atoms with van der Waals surface area (Å²) in [5.41, 5.74) is 0. The van der Waals surface area contributed by atoms with Gasteiger partial charge in [-0.15, -0.1) is 0 Å². The summed E-state index contributed by atoms with van der Waals surface area (Å²) in [5, 5.41) is 0. The van der Waals surface area contributed by atoms with Crippen molar-refractivity contribution in [1.82, 2.24) is 0 Å². The van der Waals surface area contributed by atoms with Crippen LogP contribution in [0.25, 0.3) is 0 Å². The second-order valence-electron chi connectivity index (χ2n) is 8.50. The quantitative estimate of drug-likeness (QED) is 0.106. The Morgan fingerprint density at radius 1 is 0.486 bits per heavy atom. The van der Waals surface area contributed by atoms with E-state index >= 15 is 0 Å². The minimum absolute atomic E-state index is 0.0108. The molecule has 210 valence electrons. The van der Waals surface area contributed by atoms with Crippen LogP contribution in [0.2, 0.25) is 0 Å². The number of ether oxygens (including phenoxy) is 7. The first-order valence-electron chi connectivity index (χ1n) is 13.9. The lowest BCUT2D eigenvalue weighted by Gasteiger charge is -2.13. The molecule has 1 unspecified atom stereocenters. The van der Waals surface area contributed by atoms with Crippen LogP contribution in [0.5, 0.6) is 0 Å². The van der Waals surface area contributed by atoms with Gasteiger partial charge < -0.3 is 33.2 Å². The van der Waals surface area contributed by atoms with Gasteiger partial charge in [0.2, 0.25) is 0 Å². The summed E-state index contributed by atoms with van der Waals surface area (Å²) in [6.07, 6.45) is 10.2. The van der Waals surface area contributed by atoms with Gasteiger partial charge in [-0.25, -0.2) is 0 Å². The van der Waals surface area contributed by atoms with E-state index in [2.05, 4.69) is 13.8 Å². The number of carbonyl (C=O) groups is 1. The highest BCUT2D eigenvalue weighted by Gasteiger charge is 2.16. The predicted molar refractivity (Wildman–Crippen MR) is 138 cm³/mol. The third-order valence-corrected chi connectivity index (χ3v) is 5.46. The Bertz CT molecular complexity index is 422. The van der Waals surface area contributed by atoms with E-state index in [1.54, 1.807) is 0 Å². The van der Waals surface area contributed by atoms with Crippen molar-refractivity contribution >= 4 is 5.97 Å². The topological polar surface area (TPSA) is 81.7 Å². The molecule has 0 rings (SSSR count). The van der Waals surface area contributed by atoms with Crippen LogP contribution in [0.1, 0.15) is 78.6 Å². The fraction of sp³-hybridized carbons (Fsp3) is 0.963. The largest absolute Gasteiger partial charge is 0.463 e. The molecule has 8 nitrogen and oxygen atoms in total. The molecule has 0 heterocycles. The lowest BCUT2D eigenvalue weighted by Crippen LogP contribution is -2.20. The minimum Gasteiger partial charge on any atom is -0.463 e. The van der Waals surface area contributed by atoms with Crippen molar-refractivity contribution in [2.24, 2.45) is 5.92 Å². The van der Waals surface area contributed by atoms with E-state index in [0.717, 1.165) is 38.7 Å². The second kappa shape index (κ2) is 29.5. The fourth-order valence-electron chi connectivity index (χ4n) is 3.27. The maximum absolute atomic E-state index is 12.0. The van der Waals surface area contributed by atoms with Gasteiger partial charge in [0.1, 0.15) is 6.61 Å². The van der Waals surface area contributed by atoms with Crippen molar-refractivity contribution in [3.8, 4) is 0 Å². The molecule has 8 heteroatoms. The molecule has 0 amide bonds. The third-order valence-electron chi connectivity index (χ3n) is 5.46. The molecule has 0 aliphatic heterocycles. The first-order chi connectivity index (χ1) is 17.3. The number of hydrogen-bond acceptors (Lipinski definition) is 8. The molecular weight excluding hydrogens is 452 g/mol. The van der Waals surface area contributed by atoms with E-state index < -0.39 is 0 Å². The van der Waals surface area contributed by atoms with Gasteiger partial charge in [0.05, 0.1) is 78.6 Å². The molecule has 0 N–H and O–H groups in total. The average Bonchev–Trinajstić information content (AvgIpc) is 2.87. The summed E-state index contributed by atoms with van der Waals surface area (Å²) in [5.74, 6) is -0.0977. The van der Waals surface area contributed by atoms with Crippen LogP contribution in [-0.2, 0) is 38.0 Å². The van der Waals surface area contributed by atoms with Crippen LogP contribution < -0.4 is 0 Å². The molecule has 1 atom stereocenters. The van der Waals surface area contributed by atoms with Crippen molar-refractivity contribution in [2.45, 2.75) is 78.6 Å². The van der Waals surface area contributed by atoms with Gasteiger partial charge >= 0.3 is 5.97 Å². The number of rotatable bonds is 29. The molecule has 0 aliphatic rings. The van der Waals surface area contributed by atoms with Gasteiger partial charge in [-0.3, -0.25) is 4.79 Å². The maximum Gasteiger partial charge on any atom is 0.308 e. The number of esters is 1. The van der Waals surface area contributed by atoms with Gasteiger partial charge in [0.25, 0.3) is 0 Å². The molecule has 0 saturated carbocycles.